The van der Waals surface area contributed by atoms with Gasteiger partial charge in [0, 0.05) is 12.4 Å². The van der Waals surface area contributed by atoms with Crippen LogP contribution in [0.4, 0.5) is 0 Å². The smallest absolute Gasteiger partial charge is 0.141 e. The van der Waals surface area contributed by atoms with E-state index in [0.717, 1.165) is 5.56 Å². The van der Waals surface area contributed by atoms with Crippen LogP contribution in [0.3, 0.4) is 0 Å². The molecular weight excluding hydrogens is 164 g/mol. The van der Waals surface area contributed by atoms with E-state index in [-0.39, 0.29) is 5.75 Å². The third-order valence-corrected chi connectivity index (χ3v) is 1.88. The number of hydrogen-bond donors (Lipinski definition) is 1. The van der Waals surface area contributed by atoms with Crippen LogP contribution >= 0.6 is 0 Å². The quantitative estimate of drug-likeness (QED) is 0.716. The standard InChI is InChI=1S/C10H10N2O/c1-8-3-4-9(10(13)7-8)12-6-2-5-11-12/h2-7,13H,1H3. The lowest BCUT2D eigenvalue weighted by atomic mass is 10.2. The number of phenols is 1. The Kier molecular flexibility index (Phi) is 1.77. The fraction of sp³-hybridized carbons (Fsp3) is 0.100. The molecule has 0 amide bonds. The van der Waals surface area contributed by atoms with Gasteiger partial charge in [-0.3, -0.25) is 0 Å². The highest BCUT2D eigenvalue weighted by Gasteiger charge is 2.02. The second kappa shape index (κ2) is 2.94. The maximum Gasteiger partial charge on any atom is 0.141 e. The zero-order valence-corrected chi connectivity index (χ0v) is 7.31. The molecular formula is C10H10N2O. The molecule has 3 heteroatoms. The van der Waals surface area contributed by atoms with Gasteiger partial charge in [0.05, 0.1) is 0 Å². The minimum atomic E-state index is 0.253. The van der Waals surface area contributed by atoms with Crippen LogP contribution in [-0.4, -0.2) is 14.9 Å². The average molecular weight is 174 g/mol. The molecule has 1 N–H and O–H groups in total. The van der Waals surface area contributed by atoms with Crippen molar-refractivity contribution in [2.45, 2.75) is 6.92 Å². The van der Waals surface area contributed by atoms with E-state index < -0.39 is 0 Å². The number of rotatable bonds is 1. The number of phenolic OH excluding ortho intramolecular Hbond substituents is 1. The summed E-state index contributed by atoms with van der Waals surface area (Å²) < 4.78 is 1.63. The molecule has 1 aromatic heterocycles. The average Bonchev–Trinajstić information content (AvgIpc) is 2.56. The first kappa shape index (κ1) is 7.86. The molecule has 0 radical (unpaired) electrons. The molecule has 66 valence electrons. The first-order chi connectivity index (χ1) is 6.27. The predicted molar refractivity (Wildman–Crippen MR) is 50.0 cm³/mol. The third kappa shape index (κ3) is 1.40. The maximum absolute atomic E-state index is 9.60. The number of benzene rings is 1. The van der Waals surface area contributed by atoms with Gasteiger partial charge in [-0.2, -0.15) is 5.10 Å². The van der Waals surface area contributed by atoms with Gasteiger partial charge < -0.3 is 5.11 Å². The number of nitrogens with zero attached hydrogens (tertiary/aromatic N) is 2. The Labute approximate surface area is 76.3 Å². The van der Waals surface area contributed by atoms with Crippen LogP contribution in [0.25, 0.3) is 5.69 Å². The number of aryl methyl sites for hydroxylation is 1. The summed E-state index contributed by atoms with van der Waals surface area (Å²) in [7, 11) is 0. The Morgan fingerprint density at radius 3 is 2.85 bits per heavy atom. The fourth-order valence-corrected chi connectivity index (χ4v) is 1.24. The van der Waals surface area contributed by atoms with E-state index in [1.165, 1.54) is 0 Å². The van der Waals surface area contributed by atoms with E-state index in [9.17, 15) is 5.11 Å². The second-order valence-corrected chi connectivity index (χ2v) is 2.94. The van der Waals surface area contributed by atoms with E-state index in [0.29, 0.717) is 5.69 Å². The molecule has 0 atom stereocenters. The molecule has 0 aliphatic rings. The first-order valence-corrected chi connectivity index (χ1v) is 4.07. The van der Waals surface area contributed by atoms with E-state index in [2.05, 4.69) is 5.10 Å². The molecule has 3 nitrogen and oxygen atoms in total. The van der Waals surface area contributed by atoms with E-state index in [4.69, 9.17) is 0 Å². The van der Waals surface area contributed by atoms with Crippen molar-refractivity contribution in [1.82, 2.24) is 9.78 Å². The molecule has 1 aromatic carbocycles. The van der Waals surface area contributed by atoms with E-state index in [1.807, 2.05) is 25.1 Å². The minimum absolute atomic E-state index is 0.253. The zero-order valence-electron chi connectivity index (χ0n) is 7.31. The molecule has 0 bridgehead atoms. The lowest BCUT2D eigenvalue weighted by Gasteiger charge is -2.04. The SMILES string of the molecule is Cc1ccc(-n2cccn2)c(O)c1. The van der Waals surface area contributed by atoms with Crippen LogP contribution in [0.15, 0.2) is 36.7 Å². The Bertz CT molecular complexity index is 407. The summed E-state index contributed by atoms with van der Waals surface area (Å²) in [5.74, 6) is 0.253. The van der Waals surface area contributed by atoms with Gasteiger partial charge in [-0.1, -0.05) is 6.07 Å². The second-order valence-electron chi connectivity index (χ2n) is 2.94. The van der Waals surface area contributed by atoms with Gasteiger partial charge in [0.25, 0.3) is 0 Å². The number of aromatic nitrogens is 2. The monoisotopic (exact) mass is 174 g/mol. The summed E-state index contributed by atoms with van der Waals surface area (Å²) in [5, 5.41) is 13.6. The van der Waals surface area contributed by atoms with Gasteiger partial charge in [0.2, 0.25) is 0 Å². The van der Waals surface area contributed by atoms with Gasteiger partial charge in [0.1, 0.15) is 11.4 Å². The molecule has 2 aromatic rings. The molecule has 0 aliphatic carbocycles. The Hall–Kier alpha value is -1.77. The van der Waals surface area contributed by atoms with Crippen molar-refractivity contribution in [1.29, 1.82) is 0 Å². The lowest BCUT2D eigenvalue weighted by molar-refractivity contribution is 0.470. The molecule has 0 aliphatic heterocycles. The maximum atomic E-state index is 9.60. The highest BCUT2D eigenvalue weighted by molar-refractivity contribution is 5.46. The summed E-state index contributed by atoms with van der Waals surface area (Å²) in [5.41, 5.74) is 1.74. The summed E-state index contributed by atoms with van der Waals surface area (Å²) in [6, 6.07) is 7.32. The van der Waals surface area contributed by atoms with Crippen LogP contribution in [0.5, 0.6) is 5.75 Å². The zero-order chi connectivity index (χ0) is 9.26. The molecule has 0 unspecified atom stereocenters. The van der Waals surface area contributed by atoms with Gasteiger partial charge in [-0.05, 0) is 30.7 Å². The highest BCUT2D eigenvalue weighted by atomic mass is 16.3. The molecule has 2 rings (SSSR count). The van der Waals surface area contributed by atoms with Crippen LogP contribution in [0.2, 0.25) is 0 Å². The van der Waals surface area contributed by atoms with Gasteiger partial charge in [-0.15, -0.1) is 0 Å². The minimum Gasteiger partial charge on any atom is -0.506 e. The normalized spacial score (nSPS) is 10.2. The lowest BCUT2D eigenvalue weighted by Crippen LogP contribution is -1.94. The molecule has 0 saturated carbocycles. The van der Waals surface area contributed by atoms with E-state index in [1.54, 1.807) is 23.1 Å². The van der Waals surface area contributed by atoms with Crippen LogP contribution in [-0.2, 0) is 0 Å². The van der Waals surface area contributed by atoms with E-state index >= 15 is 0 Å². The third-order valence-electron chi connectivity index (χ3n) is 1.88. The summed E-state index contributed by atoms with van der Waals surface area (Å²) >= 11 is 0. The molecule has 13 heavy (non-hydrogen) atoms. The Balaban J connectivity index is 2.53. The highest BCUT2D eigenvalue weighted by Crippen LogP contribution is 2.21. The van der Waals surface area contributed by atoms with Crippen LogP contribution in [0.1, 0.15) is 5.56 Å². The van der Waals surface area contributed by atoms with Gasteiger partial charge in [-0.25, -0.2) is 4.68 Å². The molecule has 0 spiro atoms. The summed E-state index contributed by atoms with van der Waals surface area (Å²) in [6.45, 7) is 1.94. The Morgan fingerprint density at radius 1 is 1.38 bits per heavy atom. The fourth-order valence-electron chi connectivity index (χ4n) is 1.24. The van der Waals surface area contributed by atoms with Crippen molar-refractivity contribution in [3.8, 4) is 11.4 Å². The van der Waals surface area contributed by atoms with Crippen molar-refractivity contribution < 1.29 is 5.11 Å². The van der Waals surface area contributed by atoms with Crippen molar-refractivity contribution >= 4 is 0 Å². The molecule has 1 heterocycles. The predicted octanol–water partition coefficient (Wildman–Crippen LogP) is 1.89. The Morgan fingerprint density at radius 2 is 2.23 bits per heavy atom. The van der Waals surface area contributed by atoms with Gasteiger partial charge >= 0.3 is 0 Å². The van der Waals surface area contributed by atoms with Crippen molar-refractivity contribution in [2.24, 2.45) is 0 Å². The van der Waals surface area contributed by atoms with Crippen molar-refractivity contribution in [2.75, 3.05) is 0 Å². The van der Waals surface area contributed by atoms with Crippen molar-refractivity contribution in [3.05, 3.63) is 42.2 Å². The molecule has 0 fully saturated rings. The topological polar surface area (TPSA) is 38.0 Å². The molecule has 0 saturated heterocycles. The van der Waals surface area contributed by atoms with Crippen molar-refractivity contribution in [3.63, 3.8) is 0 Å². The van der Waals surface area contributed by atoms with Gasteiger partial charge in [0.15, 0.2) is 0 Å². The summed E-state index contributed by atoms with van der Waals surface area (Å²) in [4.78, 5) is 0. The largest absolute Gasteiger partial charge is 0.506 e. The summed E-state index contributed by atoms with van der Waals surface area (Å²) in [6.07, 6.45) is 3.48. The number of aromatic hydroxyl groups is 1. The van der Waals surface area contributed by atoms with Crippen LogP contribution < -0.4 is 0 Å². The number of hydrogen-bond acceptors (Lipinski definition) is 2. The first-order valence-electron chi connectivity index (χ1n) is 4.07. The van der Waals surface area contributed by atoms with Crippen LogP contribution in [0, 0.1) is 6.92 Å².